The van der Waals surface area contributed by atoms with E-state index in [1.807, 2.05) is 20.0 Å². The molecular weight excluding hydrogens is 510 g/mol. The monoisotopic (exact) mass is 541 g/mol. The van der Waals surface area contributed by atoms with E-state index in [0.717, 1.165) is 17.7 Å². The molecule has 0 radical (unpaired) electrons. The minimum absolute atomic E-state index is 0.0158. The van der Waals surface area contributed by atoms with Crippen molar-refractivity contribution in [3.8, 4) is 5.75 Å². The molecule has 0 aliphatic carbocycles. The molecule has 182 valence electrons. The van der Waals surface area contributed by atoms with Gasteiger partial charge in [0.2, 0.25) is 0 Å². The number of nitrogens with one attached hydrogen (secondary N) is 2. The molecule has 33 heavy (non-hydrogen) atoms. The molecule has 11 heteroatoms. The molecule has 1 heterocycles. The summed E-state index contributed by atoms with van der Waals surface area (Å²) in [6.07, 6.45) is 0. The smallest absolute Gasteiger partial charge is 0.273 e. The van der Waals surface area contributed by atoms with Crippen molar-refractivity contribution in [2.24, 2.45) is 0 Å². The van der Waals surface area contributed by atoms with E-state index in [2.05, 4.69) is 68.3 Å². The largest absolute Gasteiger partial charge is 0.506 e. The zero-order chi connectivity index (χ0) is 24.9. The zero-order valence-electron chi connectivity index (χ0n) is 19.7. The number of nitrogens with two attached hydrogens (primary N) is 2. The lowest BCUT2D eigenvalue weighted by molar-refractivity contribution is 0.0945. The molecule has 0 saturated carbocycles. The van der Waals surface area contributed by atoms with Crippen molar-refractivity contribution in [2.45, 2.75) is 39.2 Å². The summed E-state index contributed by atoms with van der Waals surface area (Å²) in [5.41, 5.74) is 13.2. The average Bonchev–Trinajstić information content (AvgIpc) is 2.71. The molecule has 0 spiro atoms. The minimum Gasteiger partial charge on any atom is -0.506 e. The van der Waals surface area contributed by atoms with Crippen LogP contribution in [0.4, 0.5) is 11.6 Å². The van der Waals surface area contributed by atoms with E-state index >= 15 is 0 Å². The number of nitrogens with zero attached hydrogens (tertiary/aromatic N) is 3. The van der Waals surface area contributed by atoms with Gasteiger partial charge in [0.05, 0.1) is 4.47 Å². The fourth-order valence-corrected chi connectivity index (χ4v) is 3.73. The molecule has 2 aromatic rings. The number of carbonyl (C=O) groups is 1. The Morgan fingerprint density at radius 1 is 1.21 bits per heavy atom. The third-order valence-electron chi connectivity index (χ3n) is 5.27. The predicted molar refractivity (Wildman–Crippen MR) is 137 cm³/mol. The summed E-state index contributed by atoms with van der Waals surface area (Å²) in [7, 11) is 1.96. The normalized spacial score (nSPS) is 12.7. The molecule has 1 amide bonds. The number of hydrogen-bond acceptors (Lipinski definition) is 8. The molecule has 0 fully saturated rings. The predicted octanol–water partition coefficient (Wildman–Crippen LogP) is 3.07. The Morgan fingerprint density at radius 2 is 1.85 bits per heavy atom. The first-order chi connectivity index (χ1) is 15.3. The van der Waals surface area contributed by atoms with Gasteiger partial charge in [0, 0.05) is 37.8 Å². The van der Waals surface area contributed by atoms with E-state index in [1.54, 1.807) is 0 Å². The van der Waals surface area contributed by atoms with E-state index < -0.39 is 5.91 Å². The van der Waals surface area contributed by atoms with Gasteiger partial charge in [-0.15, -0.1) is 0 Å². The highest BCUT2D eigenvalue weighted by atomic mass is 79.9. The van der Waals surface area contributed by atoms with Crippen LogP contribution in [0.1, 0.15) is 55.4 Å². The van der Waals surface area contributed by atoms with Crippen molar-refractivity contribution >= 4 is 45.1 Å². The van der Waals surface area contributed by atoms with Crippen LogP contribution in [0.2, 0.25) is 5.15 Å². The highest BCUT2D eigenvalue weighted by Crippen LogP contribution is 2.37. The second kappa shape index (κ2) is 11.3. The Labute approximate surface area is 208 Å². The number of anilines is 2. The summed E-state index contributed by atoms with van der Waals surface area (Å²) in [6, 6.07) is 3.98. The van der Waals surface area contributed by atoms with Crippen LogP contribution in [0.15, 0.2) is 16.6 Å². The van der Waals surface area contributed by atoms with Gasteiger partial charge in [-0.25, -0.2) is 9.97 Å². The molecule has 1 aromatic heterocycles. The van der Waals surface area contributed by atoms with Crippen molar-refractivity contribution in [1.82, 2.24) is 25.5 Å². The molecule has 1 unspecified atom stereocenters. The maximum Gasteiger partial charge on any atom is 0.273 e. The second-order valence-corrected chi connectivity index (χ2v) is 10.2. The van der Waals surface area contributed by atoms with Gasteiger partial charge < -0.3 is 32.1 Å². The number of phenols is 1. The van der Waals surface area contributed by atoms with E-state index in [4.69, 9.17) is 23.1 Å². The van der Waals surface area contributed by atoms with Gasteiger partial charge in [-0.1, -0.05) is 32.4 Å². The number of rotatable bonds is 9. The summed E-state index contributed by atoms with van der Waals surface area (Å²) in [6.45, 7) is 10.9. The highest BCUT2D eigenvalue weighted by Gasteiger charge is 2.20. The van der Waals surface area contributed by atoms with Crippen molar-refractivity contribution < 1.29 is 9.90 Å². The Bertz CT molecular complexity index is 998. The second-order valence-electron chi connectivity index (χ2n) is 9.01. The van der Waals surface area contributed by atoms with Crippen LogP contribution in [0.25, 0.3) is 0 Å². The van der Waals surface area contributed by atoms with Crippen LogP contribution >= 0.6 is 27.5 Å². The van der Waals surface area contributed by atoms with Crippen molar-refractivity contribution in [3.63, 3.8) is 0 Å². The molecule has 9 nitrogen and oxygen atoms in total. The quantitative estimate of drug-likeness (QED) is 0.325. The van der Waals surface area contributed by atoms with Gasteiger partial charge in [-0.05, 0) is 53.0 Å². The van der Waals surface area contributed by atoms with Gasteiger partial charge in [-0.3, -0.25) is 4.79 Å². The van der Waals surface area contributed by atoms with Gasteiger partial charge in [0.1, 0.15) is 5.75 Å². The van der Waals surface area contributed by atoms with E-state index in [1.165, 1.54) is 0 Å². The number of amides is 1. The first-order valence-electron chi connectivity index (χ1n) is 10.6. The van der Waals surface area contributed by atoms with E-state index in [0.29, 0.717) is 24.1 Å². The Balaban J connectivity index is 1.83. The molecular formula is C22H33BrClN7O2. The molecule has 7 N–H and O–H groups in total. The minimum atomic E-state index is -0.457. The van der Waals surface area contributed by atoms with Crippen LogP contribution in [-0.2, 0) is 5.41 Å². The number of aromatic hydroxyl groups is 1. The van der Waals surface area contributed by atoms with Crippen molar-refractivity contribution in [3.05, 3.63) is 38.6 Å². The first kappa shape index (κ1) is 27.1. The van der Waals surface area contributed by atoms with Gasteiger partial charge in [0.15, 0.2) is 22.5 Å². The third-order valence-corrected chi connectivity index (χ3v) is 6.15. The zero-order valence-corrected chi connectivity index (χ0v) is 22.0. The number of nitrogen functional groups attached to an aromatic ring is 2. The number of benzene rings is 1. The lowest BCUT2D eigenvalue weighted by atomic mass is 9.85. The number of aromatic nitrogens is 2. The summed E-state index contributed by atoms with van der Waals surface area (Å²) in [5, 5.41) is 16.7. The number of likely N-dealkylation sites (N-methyl/N-ethyl adjacent to an activating group) is 1. The molecule has 0 bridgehead atoms. The summed E-state index contributed by atoms with van der Waals surface area (Å²) in [5.74, 6) is -0.282. The van der Waals surface area contributed by atoms with Crippen molar-refractivity contribution in [2.75, 3.05) is 44.7 Å². The maximum absolute atomic E-state index is 12.3. The molecule has 1 atom stereocenters. The molecule has 2 rings (SSSR count). The van der Waals surface area contributed by atoms with Crippen LogP contribution in [0, 0.1) is 0 Å². The van der Waals surface area contributed by atoms with Crippen LogP contribution < -0.4 is 22.1 Å². The number of carbonyl (C=O) groups excluding carboxylic acids is 1. The summed E-state index contributed by atoms with van der Waals surface area (Å²) >= 11 is 9.29. The Morgan fingerprint density at radius 3 is 2.48 bits per heavy atom. The number of phenolic OH excluding ortho intramolecular Hbond substituents is 1. The summed E-state index contributed by atoms with van der Waals surface area (Å²) < 4.78 is 0.694. The van der Waals surface area contributed by atoms with Gasteiger partial charge in [-0.2, -0.15) is 0 Å². The van der Waals surface area contributed by atoms with Crippen LogP contribution in [0.3, 0.4) is 0 Å². The van der Waals surface area contributed by atoms with Crippen molar-refractivity contribution in [1.29, 1.82) is 0 Å². The van der Waals surface area contributed by atoms with Gasteiger partial charge in [0.25, 0.3) is 5.91 Å². The molecule has 0 aliphatic rings. The van der Waals surface area contributed by atoms with E-state index in [-0.39, 0.29) is 39.7 Å². The fraction of sp³-hybridized carbons (Fsp3) is 0.500. The third kappa shape index (κ3) is 7.43. The molecule has 0 aliphatic heterocycles. The Hall–Kier alpha value is -2.14. The molecule has 0 saturated heterocycles. The fourth-order valence-electron chi connectivity index (χ4n) is 3.13. The summed E-state index contributed by atoms with van der Waals surface area (Å²) in [4.78, 5) is 22.1. The first-order valence-corrected chi connectivity index (χ1v) is 11.8. The molecule has 1 aromatic carbocycles. The number of halogens is 2. The van der Waals surface area contributed by atoms with Gasteiger partial charge >= 0.3 is 0 Å². The van der Waals surface area contributed by atoms with Crippen LogP contribution in [0.5, 0.6) is 5.75 Å². The van der Waals surface area contributed by atoms with Crippen LogP contribution in [-0.4, -0.2) is 59.1 Å². The SMILES string of the molecule is CC(NCCN(C)CCNC(=O)c1nc(Cl)c(N)nc1N)c1cc(C(C)(C)C)cc(Br)c1O. The maximum atomic E-state index is 12.3. The average molecular weight is 543 g/mol. The standard InChI is InChI=1S/C22H33BrClN7O2/c1-12(14-10-13(22(2,3)4)11-15(23)17(14)32)27-6-8-31(5)9-7-28-21(33)16-19(25)30-20(26)18(24)29-16/h10-12,27,32H,6-9H2,1-5H3,(H,28,33)(H4,25,26,30). The topological polar surface area (TPSA) is 142 Å². The number of hydrogen-bond donors (Lipinski definition) is 5. The lowest BCUT2D eigenvalue weighted by Crippen LogP contribution is -2.37. The lowest BCUT2D eigenvalue weighted by Gasteiger charge is -2.24. The van der Waals surface area contributed by atoms with E-state index in [9.17, 15) is 9.90 Å². The Kier molecular flexibility index (Phi) is 9.30. The highest BCUT2D eigenvalue weighted by molar-refractivity contribution is 9.10.